The predicted octanol–water partition coefficient (Wildman–Crippen LogP) is 3.01. The minimum Gasteiger partial charge on any atom is -0.377 e. The SMILES string of the molecule is CO[Si](CCCCCC#N)(OC)OCCCCC#N. The zero-order chi connectivity index (χ0) is 14.4. The normalized spacial score (nSPS) is 10.9. The molecule has 0 aromatic heterocycles. The van der Waals surface area contributed by atoms with Gasteiger partial charge in [-0.3, -0.25) is 0 Å². The molecule has 0 radical (unpaired) electrons. The molecule has 0 unspecified atom stereocenters. The summed E-state index contributed by atoms with van der Waals surface area (Å²) in [6.45, 7) is 0.577. The van der Waals surface area contributed by atoms with Gasteiger partial charge in [0.15, 0.2) is 0 Å². The fraction of sp³-hybridized carbons (Fsp3) is 0.846. The maximum atomic E-state index is 8.47. The third-order valence-corrected chi connectivity index (χ3v) is 5.75. The first-order chi connectivity index (χ1) is 9.24. The summed E-state index contributed by atoms with van der Waals surface area (Å²) >= 11 is 0. The van der Waals surface area contributed by atoms with Gasteiger partial charge in [-0.15, -0.1) is 0 Å². The molecule has 0 saturated heterocycles. The number of nitriles is 2. The smallest absolute Gasteiger partial charge is 0.377 e. The molecule has 0 aliphatic carbocycles. The molecule has 0 saturated carbocycles. The summed E-state index contributed by atoms with van der Waals surface area (Å²) in [5, 5.41) is 16.9. The first-order valence-electron chi connectivity index (χ1n) is 6.73. The molecule has 0 aliphatic heterocycles. The minimum atomic E-state index is -2.53. The van der Waals surface area contributed by atoms with E-state index in [0.29, 0.717) is 19.4 Å². The molecular weight excluding hydrogens is 260 g/mol. The Morgan fingerprint density at radius 1 is 0.842 bits per heavy atom. The van der Waals surface area contributed by atoms with Crippen molar-refractivity contribution in [2.75, 3.05) is 20.8 Å². The van der Waals surface area contributed by atoms with E-state index in [-0.39, 0.29) is 0 Å². The van der Waals surface area contributed by atoms with Crippen LogP contribution in [-0.2, 0) is 13.3 Å². The number of hydrogen-bond acceptors (Lipinski definition) is 5. The second kappa shape index (κ2) is 12.1. The highest BCUT2D eigenvalue weighted by molar-refractivity contribution is 6.60. The molecule has 5 nitrogen and oxygen atoms in total. The summed E-state index contributed by atoms with van der Waals surface area (Å²) in [6, 6.07) is 5.03. The maximum Gasteiger partial charge on any atom is 0.500 e. The van der Waals surface area contributed by atoms with Crippen molar-refractivity contribution in [1.82, 2.24) is 0 Å². The van der Waals surface area contributed by atoms with Crippen LogP contribution in [-0.4, -0.2) is 29.6 Å². The molecule has 0 spiro atoms. The predicted molar refractivity (Wildman–Crippen MR) is 74.1 cm³/mol. The first-order valence-corrected chi connectivity index (χ1v) is 8.66. The molecule has 6 heteroatoms. The summed E-state index contributed by atoms with van der Waals surface area (Å²) in [5.74, 6) is 0. The van der Waals surface area contributed by atoms with Gasteiger partial charge < -0.3 is 13.3 Å². The van der Waals surface area contributed by atoms with Crippen LogP contribution < -0.4 is 0 Å². The standard InChI is InChI=1S/C13H24N2O3Si/c1-16-19(17-2,13-9-4-3-6-10-14)18-12-8-5-7-11-15/h3-9,12-13H2,1-2H3. The first kappa shape index (κ1) is 18.1. The zero-order valence-electron chi connectivity index (χ0n) is 12.0. The topological polar surface area (TPSA) is 75.3 Å². The van der Waals surface area contributed by atoms with Gasteiger partial charge in [0.2, 0.25) is 0 Å². The van der Waals surface area contributed by atoms with E-state index < -0.39 is 8.80 Å². The number of hydrogen-bond donors (Lipinski definition) is 0. The Kier molecular flexibility index (Phi) is 11.5. The maximum absolute atomic E-state index is 8.47. The van der Waals surface area contributed by atoms with E-state index in [2.05, 4.69) is 12.1 Å². The van der Waals surface area contributed by atoms with Gasteiger partial charge in [-0.1, -0.05) is 6.42 Å². The number of rotatable bonds is 12. The van der Waals surface area contributed by atoms with Crippen molar-refractivity contribution in [3.8, 4) is 12.1 Å². The number of nitrogens with zero attached hydrogens (tertiary/aromatic N) is 2. The quantitative estimate of drug-likeness (QED) is 0.407. The molecule has 0 aliphatic rings. The zero-order valence-corrected chi connectivity index (χ0v) is 13.0. The average molecular weight is 284 g/mol. The molecule has 108 valence electrons. The van der Waals surface area contributed by atoms with Crippen LogP contribution in [0, 0.1) is 22.7 Å². The Balaban J connectivity index is 3.91. The largest absolute Gasteiger partial charge is 0.500 e. The fourth-order valence-electron chi connectivity index (χ4n) is 1.73. The van der Waals surface area contributed by atoms with Crippen LogP contribution in [0.15, 0.2) is 0 Å². The minimum absolute atomic E-state index is 0.562. The highest BCUT2D eigenvalue weighted by atomic mass is 28.4. The molecule has 0 atom stereocenters. The van der Waals surface area contributed by atoms with E-state index in [1.807, 2.05) is 0 Å². The molecule has 0 aromatic rings. The van der Waals surface area contributed by atoms with Crippen LogP contribution in [0.3, 0.4) is 0 Å². The van der Waals surface area contributed by atoms with Crippen LogP contribution in [0.1, 0.15) is 44.9 Å². The lowest BCUT2D eigenvalue weighted by molar-refractivity contribution is 0.0958. The molecule has 0 amide bonds. The van der Waals surface area contributed by atoms with Crippen molar-refractivity contribution in [3.05, 3.63) is 0 Å². The Morgan fingerprint density at radius 3 is 1.95 bits per heavy atom. The van der Waals surface area contributed by atoms with Gasteiger partial charge in [-0.05, 0) is 25.7 Å². The Hall–Kier alpha value is -0.923. The molecule has 0 bridgehead atoms. The molecule has 0 fully saturated rings. The highest BCUT2D eigenvalue weighted by Gasteiger charge is 2.37. The van der Waals surface area contributed by atoms with E-state index in [1.165, 1.54) is 0 Å². The van der Waals surface area contributed by atoms with Crippen molar-refractivity contribution in [3.63, 3.8) is 0 Å². The number of unbranched alkanes of at least 4 members (excludes halogenated alkanes) is 5. The fourth-order valence-corrected chi connectivity index (χ4v) is 3.83. The Labute approximate surface area is 117 Å². The van der Waals surface area contributed by atoms with Crippen LogP contribution >= 0.6 is 0 Å². The summed E-state index contributed by atoms with van der Waals surface area (Å²) in [5.41, 5.74) is 0. The highest BCUT2D eigenvalue weighted by Crippen LogP contribution is 2.19. The molecule has 19 heavy (non-hydrogen) atoms. The van der Waals surface area contributed by atoms with Gasteiger partial charge in [0.1, 0.15) is 0 Å². The lowest BCUT2D eigenvalue weighted by Gasteiger charge is -2.26. The second-order valence-electron chi connectivity index (χ2n) is 4.27. The van der Waals surface area contributed by atoms with E-state index in [9.17, 15) is 0 Å². The second-order valence-corrected chi connectivity index (χ2v) is 7.24. The van der Waals surface area contributed by atoms with Gasteiger partial charge in [-0.25, -0.2) is 0 Å². The van der Waals surface area contributed by atoms with Gasteiger partial charge in [0, 0.05) is 39.7 Å². The third-order valence-electron chi connectivity index (χ3n) is 2.90. The van der Waals surface area contributed by atoms with E-state index >= 15 is 0 Å². The molecule has 0 N–H and O–H groups in total. The summed E-state index contributed by atoms with van der Waals surface area (Å²) < 4.78 is 16.7. The van der Waals surface area contributed by atoms with Crippen LogP contribution in [0.5, 0.6) is 0 Å². The molecule has 0 aromatic carbocycles. The van der Waals surface area contributed by atoms with Crippen LogP contribution in [0.2, 0.25) is 6.04 Å². The van der Waals surface area contributed by atoms with E-state index in [1.54, 1.807) is 14.2 Å². The molecular formula is C13H24N2O3Si. The lowest BCUT2D eigenvalue weighted by atomic mass is 10.2. The molecule has 0 heterocycles. The summed E-state index contributed by atoms with van der Waals surface area (Å²) in [6.07, 6.45) is 5.72. The van der Waals surface area contributed by atoms with Crippen molar-refractivity contribution in [2.45, 2.75) is 51.0 Å². The van der Waals surface area contributed by atoms with E-state index in [4.69, 9.17) is 23.8 Å². The van der Waals surface area contributed by atoms with Crippen molar-refractivity contribution in [2.24, 2.45) is 0 Å². The lowest BCUT2D eigenvalue weighted by Crippen LogP contribution is -2.44. The van der Waals surface area contributed by atoms with Gasteiger partial charge >= 0.3 is 8.80 Å². The summed E-state index contributed by atoms with van der Waals surface area (Å²) in [7, 11) is 0.721. The van der Waals surface area contributed by atoms with E-state index in [0.717, 1.165) is 38.1 Å². The van der Waals surface area contributed by atoms with Crippen molar-refractivity contribution in [1.29, 1.82) is 10.5 Å². The van der Waals surface area contributed by atoms with Gasteiger partial charge in [0.05, 0.1) is 12.1 Å². The van der Waals surface area contributed by atoms with Gasteiger partial charge in [0.25, 0.3) is 0 Å². The third kappa shape index (κ3) is 8.74. The monoisotopic (exact) mass is 284 g/mol. The van der Waals surface area contributed by atoms with Crippen molar-refractivity contribution < 1.29 is 13.3 Å². The Morgan fingerprint density at radius 2 is 1.42 bits per heavy atom. The van der Waals surface area contributed by atoms with Crippen LogP contribution in [0.4, 0.5) is 0 Å². The molecule has 0 rings (SSSR count). The van der Waals surface area contributed by atoms with Crippen molar-refractivity contribution >= 4 is 8.80 Å². The van der Waals surface area contributed by atoms with Crippen LogP contribution in [0.25, 0.3) is 0 Å². The summed E-state index contributed by atoms with van der Waals surface area (Å²) in [4.78, 5) is 0. The Bertz CT molecular complexity index is 269. The average Bonchev–Trinajstić information content (AvgIpc) is 2.45. The van der Waals surface area contributed by atoms with Gasteiger partial charge in [-0.2, -0.15) is 10.5 Å².